The zero-order valence-corrected chi connectivity index (χ0v) is 9.58. The molecule has 90 valence electrons. The van der Waals surface area contributed by atoms with Crippen LogP contribution in [0.4, 0.5) is 0 Å². The van der Waals surface area contributed by atoms with Crippen LogP contribution in [0.1, 0.15) is 39.0 Å². The van der Waals surface area contributed by atoms with Gasteiger partial charge in [-0.05, 0) is 19.8 Å². The van der Waals surface area contributed by atoms with E-state index in [1.807, 2.05) is 6.92 Å². The molecule has 0 saturated heterocycles. The van der Waals surface area contributed by atoms with Gasteiger partial charge in [0.2, 0.25) is 0 Å². The fourth-order valence-electron chi connectivity index (χ4n) is 1.80. The van der Waals surface area contributed by atoms with E-state index in [9.17, 15) is 5.11 Å². The van der Waals surface area contributed by atoms with Crippen molar-refractivity contribution in [2.24, 2.45) is 0 Å². The molecule has 1 rings (SSSR count). The molecule has 0 heterocycles. The highest BCUT2D eigenvalue weighted by molar-refractivity contribution is 4.66. The highest BCUT2D eigenvalue weighted by Crippen LogP contribution is 2.20. The van der Waals surface area contributed by atoms with Crippen molar-refractivity contribution in [2.75, 3.05) is 19.8 Å². The SMILES string of the molecule is CCONCC(O)COC1CCCCC1. The highest BCUT2D eigenvalue weighted by atomic mass is 16.6. The van der Waals surface area contributed by atoms with Crippen molar-refractivity contribution in [3.8, 4) is 0 Å². The van der Waals surface area contributed by atoms with E-state index in [1.165, 1.54) is 19.3 Å². The van der Waals surface area contributed by atoms with Gasteiger partial charge < -0.3 is 14.7 Å². The van der Waals surface area contributed by atoms with Crippen molar-refractivity contribution >= 4 is 0 Å². The Labute approximate surface area is 91.9 Å². The first-order valence-electron chi connectivity index (χ1n) is 5.97. The smallest absolute Gasteiger partial charge is 0.0921 e. The van der Waals surface area contributed by atoms with Gasteiger partial charge in [-0.1, -0.05) is 19.3 Å². The number of nitrogens with one attached hydrogen (secondary N) is 1. The summed E-state index contributed by atoms with van der Waals surface area (Å²) in [5.74, 6) is 0. The molecule has 0 radical (unpaired) electrons. The third-order valence-electron chi connectivity index (χ3n) is 2.64. The summed E-state index contributed by atoms with van der Waals surface area (Å²) in [5, 5.41) is 9.54. The molecule has 1 fully saturated rings. The third-order valence-corrected chi connectivity index (χ3v) is 2.64. The maximum absolute atomic E-state index is 9.54. The average Bonchev–Trinajstić information content (AvgIpc) is 2.28. The summed E-state index contributed by atoms with van der Waals surface area (Å²) in [6, 6.07) is 0. The Morgan fingerprint density at radius 2 is 2.07 bits per heavy atom. The van der Waals surface area contributed by atoms with Gasteiger partial charge in [-0.3, -0.25) is 0 Å². The Kier molecular flexibility index (Phi) is 6.92. The van der Waals surface area contributed by atoms with Crippen LogP contribution in [-0.2, 0) is 9.57 Å². The Morgan fingerprint density at radius 3 is 2.73 bits per heavy atom. The quantitative estimate of drug-likeness (QED) is 0.497. The van der Waals surface area contributed by atoms with E-state index < -0.39 is 6.10 Å². The Morgan fingerprint density at radius 1 is 1.33 bits per heavy atom. The number of rotatable bonds is 7. The lowest BCUT2D eigenvalue weighted by atomic mass is 9.98. The molecular formula is C11H23NO3. The van der Waals surface area contributed by atoms with E-state index in [-0.39, 0.29) is 0 Å². The third kappa shape index (κ3) is 6.10. The first-order chi connectivity index (χ1) is 7.33. The Hall–Kier alpha value is -0.160. The molecule has 0 aromatic carbocycles. The number of hydrogen-bond donors (Lipinski definition) is 2. The molecule has 0 aromatic rings. The molecule has 0 amide bonds. The van der Waals surface area contributed by atoms with Crippen molar-refractivity contribution in [1.82, 2.24) is 5.48 Å². The number of hydroxylamine groups is 1. The number of aliphatic hydroxyl groups excluding tert-OH is 1. The molecule has 1 saturated carbocycles. The van der Waals surface area contributed by atoms with Crippen LogP contribution in [0.15, 0.2) is 0 Å². The molecule has 15 heavy (non-hydrogen) atoms. The van der Waals surface area contributed by atoms with Crippen LogP contribution in [-0.4, -0.2) is 37.1 Å². The second-order valence-electron chi connectivity index (χ2n) is 4.03. The molecule has 0 bridgehead atoms. The molecule has 1 aliphatic carbocycles. The summed E-state index contributed by atoms with van der Waals surface area (Å²) < 4.78 is 5.63. The minimum atomic E-state index is -0.474. The minimum absolute atomic E-state index is 0.362. The van der Waals surface area contributed by atoms with Crippen LogP contribution in [0.25, 0.3) is 0 Å². The molecule has 1 aliphatic rings. The average molecular weight is 217 g/mol. The van der Waals surface area contributed by atoms with Gasteiger partial charge in [0.05, 0.1) is 25.4 Å². The molecule has 0 aromatic heterocycles. The predicted octanol–water partition coefficient (Wildman–Crippen LogP) is 1.24. The summed E-state index contributed by atoms with van der Waals surface area (Å²) in [6.07, 6.45) is 6.03. The molecule has 1 atom stereocenters. The van der Waals surface area contributed by atoms with Gasteiger partial charge >= 0.3 is 0 Å². The number of ether oxygens (including phenoxy) is 1. The van der Waals surface area contributed by atoms with Gasteiger partial charge in [-0.15, -0.1) is 0 Å². The van der Waals surface area contributed by atoms with Crippen LogP contribution in [0.3, 0.4) is 0 Å². The van der Waals surface area contributed by atoms with Crippen molar-refractivity contribution in [1.29, 1.82) is 0 Å². The molecular weight excluding hydrogens is 194 g/mol. The topological polar surface area (TPSA) is 50.7 Å². The number of aliphatic hydroxyl groups is 1. The van der Waals surface area contributed by atoms with E-state index in [4.69, 9.17) is 9.57 Å². The van der Waals surface area contributed by atoms with Gasteiger partial charge in [-0.25, -0.2) is 0 Å². The summed E-state index contributed by atoms with van der Waals surface area (Å²) in [6.45, 7) is 3.35. The van der Waals surface area contributed by atoms with Gasteiger partial charge in [0.1, 0.15) is 0 Å². The molecule has 0 spiro atoms. The van der Waals surface area contributed by atoms with Crippen molar-refractivity contribution < 1.29 is 14.7 Å². The van der Waals surface area contributed by atoms with E-state index in [2.05, 4.69) is 5.48 Å². The first-order valence-corrected chi connectivity index (χ1v) is 5.97. The van der Waals surface area contributed by atoms with E-state index in [1.54, 1.807) is 0 Å². The summed E-state index contributed by atoms with van der Waals surface area (Å²) >= 11 is 0. The Balaban J connectivity index is 1.97. The lowest BCUT2D eigenvalue weighted by Gasteiger charge is -2.23. The van der Waals surface area contributed by atoms with Gasteiger partial charge in [0.25, 0.3) is 0 Å². The molecule has 2 N–H and O–H groups in total. The van der Waals surface area contributed by atoms with Crippen LogP contribution >= 0.6 is 0 Å². The lowest BCUT2D eigenvalue weighted by molar-refractivity contribution is -0.0428. The Bertz CT molecular complexity index is 149. The fraction of sp³-hybridized carbons (Fsp3) is 1.00. The normalized spacial score (nSPS) is 20.4. The van der Waals surface area contributed by atoms with E-state index >= 15 is 0 Å². The maximum atomic E-state index is 9.54. The standard InChI is InChI=1S/C11H23NO3/c1-2-15-12-8-10(13)9-14-11-6-4-3-5-7-11/h10-13H,2-9H2,1H3. The molecule has 1 unspecified atom stereocenters. The zero-order chi connectivity index (χ0) is 10.9. The molecule has 4 heteroatoms. The van der Waals surface area contributed by atoms with Crippen molar-refractivity contribution in [3.05, 3.63) is 0 Å². The van der Waals surface area contributed by atoms with E-state index in [0.29, 0.717) is 25.9 Å². The number of hydrogen-bond acceptors (Lipinski definition) is 4. The lowest BCUT2D eigenvalue weighted by Crippen LogP contribution is -2.32. The second-order valence-corrected chi connectivity index (χ2v) is 4.03. The predicted molar refractivity (Wildman–Crippen MR) is 58.5 cm³/mol. The second kappa shape index (κ2) is 8.05. The zero-order valence-electron chi connectivity index (χ0n) is 9.58. The van der Waals surface area contributed by atoms with Gasteiger partial charge in [-0.2, -0.15) is 5.48 Å². The fourth-order valence-corrected chi connectivity index (χ4v) is 1.80. The van der Waals surface area contributed by atoms with Crippen molar-refractivity contribution in [2.45, 2.75) is 51.2 Å². The summed E-state index contributed by atoms with van der Waals surface area (Å²) in [5.41, 5.74) is 2.69. The maximum Gasteiger partial charge on any atom is 0.0921 e. The van der Waals surface area contributed by atoms with Crippen LogP contribution in [0.5, 0.6) is 0 Å². The van der Waals surface area contributed by atoms with Gasteiger partial charge in [0.15, 0.2) is 0 Å². The van der Waals surface area contributed by atoms with Crippen LogP contribution < -0.4 is 5.48 Å². The van der Waals surface area contributed by atoms with Gasteiger partial charge in [0, 0.05) is 6.54 Å². The first kappa shape index (κ1) is 12.9. The van der Waals surface area contributed by atoms with Crippen molar-refractivity contribution in [3.63, 3.8) is 0 Å². The monoisotopic (exact) mass is 217 g/mol. The largest absolute Gasteiger partial charge is 0.389 e. The van der Waals surface area contributed by atoms with Crippen LogP contribution in [0.2, 0.25) is 0 Å². The summed E-state index contributed by atoms with van der Waals surface area (Å²) in [7, 11) is 0. The van der Waals surface area contributed by atoms with E-state index in [0.717, 1.165) is 12.8 Å². The van der Waals surface area contributed by atoms with Crippen LogP contribution in [0, 0.1) is 0 Å². The molecule has 4 nitrogen and oxygen atoms in total. The minimum Gasteiger partial charge on any atom is -0.389 e. The summed E-state index contributed by atoms with van der Waals surface area (Å²) in [4.78, 5) is 4.93. The molecule has 0 aliphatic heterocycles. The highest BCUT2D eigenvalue weighted by Gasteiger charge is 2.15.